The zero-order chi connectivity index (χ0) is 19.5. The van der Waals surface area contributed by atoms with Crippen molar-refractivity contribution in [2.24, 2.45) is 0 Å². The number of fused-ring (bicyclic) bond motifs is 1. The van der Waals surface area contributed by atoms with E-state index in [9.17, 15) is 9.18 Å². The number of halogens is 1. The van der Waals surface area contributed by atoms with Crippen LogP contribution in [0.1, 0.15) is 5.56 Å². The van der Waals surface area contributed by atoms with Crippen molar-refractivity contribution in [3.63, 3.8) is 0 Å². The van der Waals surface area contributed by atoms with Crippen molar-refractivity contribution in [2.75, 3.05) is 12.4 Å². The van der Waals surface area contributed by atoms with E-state index in [4.69, 9.17) is 4.74 Å². The third kappa shape index (κ3) is 3.77. The number of amides is 1. The highest BCUT2D eigenvalue weighted by molar-refractivity contribution is 7.15. The molecular formula is C20H15FN4O2S. The van der Waals surface area contributed by atoms with Crippen LogP contribution < -0.4 is 10.1 Å². The molecule has 0 aliphatic rings. The van der Waals surface area contributed by atoms with Crippen molar-refractivity contribution in [3.8, 4) is 17.0 Å². The zero-order valence-corrected chi connectivity index (χ0v) is 15.6. The van der Waals surface area contributed by atoms with Crippen molar-refractivity contribution < 1.29 is 13.9 Å². The molecule has 6 nitrogen and oxygen atoms in total. The van der Waals surface area contributed by atoms with Gasteiger partial charge in [0.1, 0.15) is 11.6 Å². The van der Waals surface area contributed by atoms with Gasteiger partial charge in [-0.1, -0.05) is 12.1 Å². The van der Waals surface area contributed by atoms with E-state index < -0.39 is 0 Å². The lowest BCUT2D eigenvalue weighted by Gasteiger charge is -1.99. The summed E-state index contributed by atoms with van der Waals surface area (Å²) >= 11 is 1.39. The van der Waals surface area contributed by atoms with Crippen molar-refractivity contribution in [2.45, 2.75) is 0 Å². The van der Waals surface area contributed by atoms with Crippen LogP contribution in [0.15, 0.2) is 60.0 Å². The second-order valence-corrected chi connectivity index (χ2v) is 6.69. The molecule has 4 rings (SSSR count). The molecule has 0 spiro atoms. The first-order valence-electron chi connectivity index (χ1n) is 8.36. The number of aromatic nitrogens is 3. The molecule has 28 heavy (non-hydrogen) atoms. The number of thiazole rings is 1. The Balaban J connectivity index is 1.49. The van der Waals surface area contributed by atoms with Gasteiger partial charge in [0.25, 0.3) is 11.9 Å². The zero-order valence-electron chi connectivity index (χ0n) is 14.8. The summed E-state index contributed by atoms with van der Waals surface area (Å²) in [7, 11) is 1.60. The van der Waals surface area contributed by atoms with E-state index in [2.05, 4.69) is 15.4 Å². The minimum atomic E-state index is -0.336. The molecule has 0 unspecified atom stereocenters. The summed E-state index contributed by atoms with van der Waals surface area (Å²) in [4.78, 5) is 17.1. The van der Waals surface area contributed by atoms with Crippen LogP contribution in [-0.2, 0) is 4.79 Å². The van der Waals surface area contributed by atoms with Crippen LogP contribution in [0.25, 0.3) is 22.3 Å². The number of ether oxygens (including phenoxy) is 1. The maximum atomic E-state index is 13.1. The topological polar surface area (TPSA) is 68.5 Å². The van der Waals surface area contributed by atoms with Gasteiger partial charge in [-0.2, -0.15) is 4.98 Å². The predicted molar refractivity (Wildman–Crippen MR) is 107 cm³/mol. The van der Waals surface area contributed by atoms with E-state index in [-0.39, 0.29) is 17.7 Å². The predicted octanol–water partition coefficient (Wildman–Crippen LogP) is 4.26. The van der Waals surface area contributed by atoms with E-state index in [1.807, 2.05) is 29.6 Å². The number of rotatable bonds is 5. The minimum absolute atomic E-state index is 0.208. The molecule has 1 N–H and O–H groups in total. The molecule has 2 heterocycles. The molecule has 0 aliphatic heterocycles. The molecule has 2 aromatic heterocycles. The number of methoxy groups -OCH3 is 1. The van der Waals surface area contributed by atoms with Gasteiger partial charge in [0.15, 0.2) is 0 Å². The summed E-state index contributed by atoms with van der Waals surface area (Å²) in [5, 5.41) is 8.87. The molecule has 0 aliphatic carbocycles. The molecular weight excluding hydrogens is 379 g/mol. The van der Waals surface area contributed by atoms with Gasteiger partial charge in [0, 0.05) is 17.0 Å². The van der Waals surface area contributed by atoms with Gasteiger partial charge in [-0.25, -0.2) is 8.91 Å². The Kier molecular flexibility index (Phi) is 4.86. The minimum Gasteiger partial charge on any atom is -0.497 e. The van der Waals surface area contributed by atoms with Gasteiger partial charge in [0.2, 0.25) is 4.96 Å². The summed E-state index contributed by atoms with van der Waals surface area (Å²) in [6.07, 6.45) is 3.11. The monoisotopic (exact) mass is 394 g/mol. The number of benzene rings is 2. The maximum absolute atomic E-state index is 13.1. The summed E-state index contributed by atoms with van der Waals surface area (Å²) in [6.45, 7) is 0. The smallest absolute Gasteiger partial charge is 0.250 e. The summed E-state index contributed by atoms with van der Waals surface area (Å²) in [5.41, 5.74) is 2.46. The summed E-state index contributed by atoms with van der Waals surface area (Å²) in [5.74, 6) is 0.322. The van der Waals surface area contributed by atoms with Crippen molar-refractivity contribution in [1.82, 2.24) is 14.6 Å². The molecule has 0 atom stereocenters. The molecule has 140 valence electrons. The van der Waals surface area contributed by atoms with E-state index >= 15 is 0 Å². The van der Waals surface area contributed by atoms with Crippen molar-refractivity contribution in [3.05, 3.63) is 71.4 Å². The summed E-state index contributed by atoms with van der Waals surface area (Å²) in [6, 6.07) is 13.5. The highest BCUT2D eigenvalue weighted by atomic mass is 32.1. The number of nitrogens with zero attached hydrogens (tertiary/aromatic N) is 3. The van der Waals surface area contributed by atoms with E-state index in [1.54, 1.807) is 29.8 Å². The van der Waals surface area contributed by atoms with Crippen LogP contribution in [0.2, 0.25) is 0 Å². The fraction of sp³-hybridized carbons (Fsp3) is 0.0500. The number of nitrogens with one attached hydrogen (secondary N) is 1. The van der Waals surface area contributed by atoms with E-state index in [0.29, 0.717) is 4.96 Å². The number of hydrogen-bond acceptors (Lipinski definition) is 5. The van der Waals surface area contributed by atoms with Crippen LogP contribution in [0.4, 0.5) is 10.3 Å². The Morgan fingerprint density at radius 1 is 1.18 bits per heavy atom. The molecule has 0 radical (unpaired) electrons. The van der Waals surface area contributed by atoms with Crippen molar-refractivity contribution in [1.29, 1.82) is 0 Å². The molecule has 8 heteroatoms. The Morgan fingerprint density at radius 3 is 2.64 bits per heavy atom. The molecule has 0 saturated carbocycles. The largest absolute Gasteiger partial charge is 0.497 e. The van der Waals surface area contributed by atoms with Crippen molar-refractivity contribution >= 4 is 34.2 Å². The maximum Gasteiger partial charge on any atom is 0.250 e. The van der Waals surface area contributed by atoms with Gasteiger partial charge >= 0.3 is 0 Å². The Labute approximate surface area is 163 Å². The number of hydrogen-bond donors (Lipinski definition) is 1. The lowest BCUT2D eigenvalue weighted by Crippen LogP contribution is -2.09. The quantitative estimate of drug-likeness (QED) is 0.514. The lowest BCUT2D eigenvalue weighted by molar-refractivity contribution is -0.111. The molecule has 0 saturated heterocycles. The fourth-order valence-electron chi connectivity index (χ4n) is 2.59. The van der Waals surface area contributed by atoms with Gasteiger partial charge in [-0.05, 0) is 48.0 Å². The average Bonchev–Trinajstić information content (AvgIpc) is 3.28. The average molecular weight is 394 g/mol. The van der Waals surface area contributed by atoms with Gasteiger partial charge in [-0.3, -0.25) is 10.1 Å². The summed E-state index contributed by atoms with van der Waals surface area (Å²) < 4.78 is 19.9. The lowest BCUT2D eigenvalue weighted by atomic mass is 10.2. The Bertz CT molecular complexity index is 1150. The second-order valence-electron chi connectivity index (χ2n) is 5.85. The number of carbonyl (C=O) groups excluding carboxylic acids is 1. The van der Waals surface area contributed by atoms with E-state index in [0.717, 1.165) is 22.6 Å². The highest BCUT2D eigenvalue weighted by Gasteiger charge is 2.12. The Hall–Kier alpha value is -3.52. The molecule has 0 bridgehead atoms. The highest BCUT2D eigenvalue weighted by Crippen LogP contribution is 2.26. The van der Waals surface area contributed by atoms with Crippen LogP contribution in [-0.4, -0.2) is 27.6 Å². The first-order chi connectivity index (χ1) is 13.6. The molecule has 1 amide bonds. The van der Waals surface area contributed by atoms with Gasteiger partial charge in [0.05, 0.1) is 12.8 Å². The first kappa shape index (κ1) is 17.9. The normalized spacial score (nSPS) is 11.2. The first-order valence-corrected chi connectivity index (χ1v) is 9.24. The Morgan fingerprint density at radius 2 is 1.93 bits per heavy atom. The molecule has 2 aromatic carbocycles. The standard InChI is InChI=1S/C20H15FN4O2S/c1-27-16-9-2-13(3-10-16)4-11-18(26)22-19-23-20-25(24-19)17(12-28-20)14-5-7-15(21)8-6-14/h2-12H,1H3,(H,22,24,26)/b11-4+. The molecule has 0 fully saturated rings. The second kappa shape index (κ2) is 7.61. The SMILES string of the molecule is COc1ccc(/C=C/C(=O)Nc2nc3scc(-c4ccc(F)cc4)n3n2)cc1. The third-order valence-electron chi connectivity index (χ3n) is 4.00. The van der Waals surface area contributed by atoms with Gasteiger partial charge in [-0.15, -0.1) is 16.4 Å². The number of carbonyl (C=O) groups is 1. The third-order valence-corrected chi connectivity index (χ3v) is 4.82. The van der Waals surface area contributed by atoms with Crippen LogP contribution in [0.3, 0.4) is 0 Å². The van der Waals surface area contributed by atoms with E-state index in [1.165, 1.54) is 29.5 Å². The fourth-order valence-corrected chi connectivity index (χ4v) is 3.42. The van der Waals surface area contributed by atoms with Crippen LogP contribution >= 0.6 is 11.3 Å². The molecule has 4 aromatic rings. The van der Waals surface area contributed by atoms with Crippen LogP contribution in [0.5, 0.6) is 5.75 Å². The van der Waals surface area contributed by atoms with Crippen LogP contribution in [0, 0.1) is 5.82 Å². The van der Waals surface area contributed by atoms with Gasteiger partial charge < -0.3 is 4.74 Å². The number of anilines is 1.